The second kappa shape index (κ2) is 8.52. The fourth-order valence-corrected chi connectivity index (χ4v) is 4.67. The molecule has 0 fully saturated rings. The van der Waals surface area contributed by atoms with Crippen LogP contribution in [0.15, 0.2) is 35.2 Å². The van der Waals surface area contributed by atoms with Gasteiger partial charge in [0.25, 0.3) is 10.0 Å². The van der Waals surface area contributed by atoms with Gasteiger partial charge in [0.15, 0.2) is 0 Å². The number of anilines is 2. The molecule has 0 bridgehead atoms. The fraction of sp³-hybridized carbons (Fsp3) is 0.368. The first-order chi connectivity index (χ1) is 13.4. The fourth-order valence-electron chi connectivity index (χ4n) is 3.32. The minimum absolute atomic E-state index is 0.194. The Bertz CT molecular complexity index is 965. The van der Waals surface area contributed by atoms with Gasteiger partial charge < -0.3 is 20.1 Å². The number of rotatable bonds is 8. The second-order valence-corrected chi connectivity index (χ2v) is 8.48. The van der Waals surface area contributed by atoms with Crippen LogP contribution in [0.2, 0.25) is 0 Å². The van der Waals surface area contributed by atoms with Crippen molar-refractivity contribution < 1.29 is 22.8 Å². The average molecular weight is 404 g/mol. The van der Waals surface area contributed by atoms with Crippen LogP contribution in [-0.2, 0) is 38.9 Å². The SMILES string of the molecule is CCCc1cc(S(=O)(=O)Nc2ccc3c(c2)B(O)OC3)c(CCOC)cc1N. The first-order valence-corrected chi connectivity index (χ1v) is 10.7. The molecule has 0 spiro atoms. The van der Waals surface area contributed by atoms with E-state index in [4.69, 9.17) is 15.1 Å². The summed E-state index contributed by atoms with van der Waals surface area (Å²) in [5.74, 6) is 0. The summed E-state index contributed by atoms with van der Waals surface area (Å²) in [5.41, 5.74) is 9.91. The lowest BCUT2D eigenvalue weighted by Gasteiger charge is -2.16. The molecule has 0 saturated carbocycles. The molecule has 1 aliphatic heterocycles. The van der Waals surface area contributed by atoms with Gasteiger partial charge in [-0.1, -0.05) is 19.4 Å². The molecule has 0 aliphatic carbocycles. The van der Waals surface area contributed by atoms with E-state index in [1.807, 2.05) is 6.92 Å². The third kappa shape index (κ3) is 4.33. The van der Waals surface area contributed by atoms with Crippen LogP contribution in [-0.4, -0.2) is 34.3 Å². The highest BCUT2D eigenvalue weighted by atomic mass is 32.2. The number of ether oxygens (including phenoxy) is 1. The van der Waals surface area contributed by atoms with Crippen LogP contribution >= 0.6 is 0 Å². The number of methoxy groups -OCH3 is 1. The average Bonchev–Trinajstić information content (AvgIpc) is 3.02. The third-order valence-corrected chi connectivity index (χ3v) is 6.23. The van der Waals surface area contributed by atoms with Gasteiger partial charge in [-0.2, -0.15) is 0 Å². The van der Waals surface area contributed by atoms with Gasteiger partial charge in [0, 0.05) is 18.5 Å². The van der Waals surface area contributed by atoms with Gasteiger partial charge in [0.2, 0.25) is 0 Å². The van der Waals surface area contributed by atoms with Crippen LogP contribution in [0.4, 0.5) is 11.4 Å². The van der Waals surface area contributed by atoms with E-state index in [1.165, 1.54) is 0 Å². The normalized spacial score (nSPS) is 13.6. The highest BCUT2D eigenvalue weighted by molar-refractivity contribution is 7.92. The number of benzene rings is 2. The summed E-state index contributed by atoms with van der Waals surface area (Å²) < 4.78 is 39.2. The lowest BCUT2D eigenvalue weighted by Crippen LogP contribution is -2.28. The van der Waals surface area contributed by atoms with E-state index < -0.39 is 17.1 Å². The molecule has 1 heterocycles. The van der Waals surface area contributed by atoms with E-state index >= 15 is 0 Å². The number of aryl methyl sites for hydroxylation is 1. The van der Waals surface area contributed by atoms with Gasteiger partial charge in [-0.3, -0.25) is 4.72 Å². The smallest absolute Gasteiger partial charge is 0.423 e. The minimum Gasteiger partial charge on any atom is -0.423 e. The van der Waals surface area contributed by atoms with Crippen molar-refractivity contribution in [3.63, 3.8) is 0 Å². The maximum absolute atomic E-state index is 13.1. The van der Waals surface area contributed by atoms with Crippen molar-refractivity contribution in [2.75, 3.05) is 24.2 Å². The Labute approximate surface area is 166 Å². The molecule has 1 aliphatic rings. The van der Waals surface area contributed by atoms with Crippen LogP contribution in [0.25, 0.3) is 0 Å². The Morgan fingerprint density at radius 2 is 2.04 bits per heavy atom. The first kappa shape index (κ1) is 20.7. The highest BCUT2D eigenvalue weighted by Crippen LogP contribution is 2.27. The Balaban J connectivity index is 1.98. The number of nitrogens with two attached hydrogens (primary N) is 1. The summed E-state index contributed by atoms with van der Waals surface area (Å²) in [7, 11) is -3.32. The second-order valence-electron chi connectivity index (χ2n) is 6.83. The van der Waals surface area contributed by atoms with Gasteiger partial charge in [-0.25, -0.2) is 8.42 Å². The van der Waals surface area contributed by atoms with Crippen molar-refractivity contribution in [3.8, 4) is 0 Å². The Morgan fingerprint density at radius 3 is 2.75 bits per heavy atom. The van der Waals surface area contributed by atoms with Gasteiger partial charge >= 0.3 is 7.12 Å². The minimum atomic E-state index is -3.85. The standard InChI is InChI=1S/C19H25BN2O5S/c1-3-4-13-10-19(14(7-8-26-2)9-18(13)21)28(24,25)22-16-6-5-15-12-27-20(23)17(15)11-16/h5-6,9-11,22-23H,3-4,7-8,12,21H2,1-2H3. The molecule has 0 atom stereocenters. The molecule has 7 nitrogen and oxygen atoms in total. The summed E-state index contributed by atoms with van der Waals surface area (Å²) in [5, 5.41) is 9.86. The van der Waals surface area contributed by atoms with Gasteiger partial charge in [-0.15, -0.1) is 0 Å². The molecule has 9 heteroatoms. The van der Waals surface area contributed by atoms with Crippen LogP contribution in [0.3, 0.4) is 0 Å². The lowest BCUT2D eigenvalue weighted by molar-refractivity contribution is 0.202. The summed E-state index contributed by atoms with van der Waals surface area (Å²) >= 11 is 0. The van der Waals surface area contributed by atoms with E-state index in [2.05, 4.69) is 4.72 Å². The first-order valence-electron chi connectivity index (χ1n) is 9.21. The van der Waals surface area contributed by atoms with E-state index in [1.54, 1.807) is 37.4 Å². The molecule has 0 amide bonds. The number of nitrogens with one attached hydrogen (secondary N) is 1. The Hall–Kier alpha value is -2.07. The van der Waals surface area contributed by atoms with Gasteiger partial charge in [0.05, 0.1) is 18.1 Å². The van der Waals surface area contributed by atoms with Gasteiger partial charge in [-0.05, 0) is 59.3 Å². The van der Waals surface area contributed by atoms with E-state index in [9.17, 15) is 13.4 Å². The van der Waals surface area contributed by atoms with Crippen molar-refractivity contribution in [2.45, 2.75) is 37.7 Å². The zero-order valence-electron chi connectivity index (χ0n) is 16.1. The number of nitrogen functional groups attached to an aromatic ring is 1. The third-order valence-electron chi connectivity index (χ3n) is 4.77. The molecule has 2 aromatic carbocycles. The van der Waals surface area contributed by atoms with Gasteiger partial charge in [0.1, 0.15) is 0 Å². The zero-order valence-corrected chi connectivity index (χ0v) is 16.9. The zero-order chi connectivity index (χ0) is 20.3. The van der Waals surface area contributed by atoms with Crippen LogP contribution in [0.5, 0.6) is 0 Å². The highest BCUT2D eigenvalue weighted by Gasteiger charge is 2.28. The molecular formula is C19H25BN2O5S. The summed E-state index contributed by atoms with van der Waals surface area (Å²) in [6.45, 7) is 2.71. The Kier molecular flexibility index (Phi) is 6.29. The summed E-state index contributed by atoms with van der Waals surface area (Å²) in [4.78, 5) is 0.194. The molecule has 0 unspecified atom stereocenters. The maximum Gasteiger partial charge on any atom is 0.491 e. The molecular weight excluding hydrogens is 379 g/mol. The largest absolute Gasteiger partial charge is 0.491 e. The summed E-state index contributed by atoms with van der Waals surface area (Å²) in [6, 6.07) is 8.39. The van der Waals surface area contributed by atoms with Crippen molar-refractivity contribution in [1.82, 2.24) is 0 Å². The number of fused-ring (bicyclic) bond motifs is 1. The van der Waals surface area contributed by atoms with E-state index in [0.29, 0.717) is 48.5 Å². The number of sulfonamides is 1. The van der Waals surface area contributed by atoms with Crippen LogP contribution < -0.4 is 15.9 Å². The van der Waals surface area contributed by atoms with Crippen molar-refractivity contribution >= 4 is 34.0 Å². The molecule has 150 valence electrons. The number of hydrogen-bond donors (Lipinski definition) is 3. The van der Waals surface area contributed by atoms with Crippen molar-refractivity contribution in [3.05, 3.63) is 47.0 Å². The van der Waals surface area contributed by atoms with E-state index in [-0.39, 0.29) is 4.90 Å². The molecule has 3 rings (SSSR count). The Morgan fingerprint density at radius 1 is 1.25 bits per heavy atom. The van der Waals surface area contributed by atoms with Crippen LogP contribution in [0.1, 0.15) is 30.0 Å². The quantitative estimate of drug-likeness (QED) is 0.454. The molecule has 0 saturated heterocycles. The molecule has 0 radical (unpaired) electrons. The molecule has 28 heavy (non-hydrogen) atoms. The van der Waals surface area contributed by atoms with Crippen molar-refractivity contribution in [2.24, 2.45) is 0 Å². The maximum atomic E-state index is 13.1. The predicted molar refractivity (Wildman–Crippen MR) is 110 cm³/mol. The number of hydrogen-bond acceptors (Lipinski definition) is 6. The van der Waals surface area contributed by atoms with Crippen molar-refractivity contribution in [1.29, 1.82) is 0 Å². The topological polar surface area (TPSA) is 111 Å². The summed E-state index contributed by atoms with van der Waals surface area (Å²) in [6.07, 6.45) is 1.98. The lowest BCUT2D eigenvalue weighted by atomic mass is 9.79. The predicted octanol–water partition coefficient (Wildman–Crippen LogP) is 1.43. The molecule has 2 aromatic rings. The van der Waals surface area contributed by atoms with E-state index in [0.717, 1.165) is 17.5 Å². The van der Waals surface area contributed by atoms with Crippen LogP contribution in [0, 0.1) is 0 Å². The molecule has 4 N–H and O–H groups in total. The monoisotopic (exact) mass is 404 g/mol. The molecule has 0 aromatic heterocycles.